The first-order valence-electron chi connectivity index (χ1n) is 4.69. The third-order valence-corrected chi connectivity index (χ3v) is 2.56. The number of allylic oxidation sites excluding steroid dienone is 5. The number of rotatable bonds is 2. The second kappa shape index (κ2) is 5.29. The van der Waals surface area contributed by atoms with Crippen molar-refractivity contribution in [3.05, 3.63) is 35.1 Å². The molecule has 0 atom stereocenters. The summed E-state index contributed by atoms with van der Waals surface area (Å²) in [6, 6.07) is 0. The molecular weight excluding hydrogens is 254 g/mol. The van der Waals surface area contributed by atoms with E-state index >= 15 is 0 Å². The van der Waals surface area contributed by atoms with Crippen molar-refractivity contribution in [3.63, 3.8) is 0 Å². The molecule has 0 saturated carbocycles. The SMILES string of the molecule is CCC1=CC=C(OC)CC1=CC(Cl)(Cl)Cl. The predicted molar refractivity (Wildman–Crippen MR) is 66.5 cm³/mol. The van der Waals surface area contributed by atoms with Gasteiger partial charge in [-0.05, 0) is 29.7 Å². The third-order valence-electron chi connectivity index (χ3n) is 2.23. The summed E-state index contributed by atoms with van der Waals surface area (Å²) in [7, 11) is 1.64. The fraction of sp³-hybridized carbons (Fsp3) is 0.455. The van der Waals surface area contributed by atoms with Crippen LogP contribution >= 0.6 is 34.8 Å². The first kappa shape index (κ1) is 13.0. The molecule has 0 aliphatic heterocycles. The second-order valence-corrected chi connectivity index (χ2v) is 5.64. The fourth-order valence-corrected chi connectivity index (χ4v) is 1.88. The van der Waals surface area contributed by atoms with Crippen molar-refractivity contribution in [1.82, 2.24) is 0 Å². The molecule has 1 rings (SSSR count). The summed E-state index contributed by atoms with van der Waals surface area (Å²) in [5.41, 5.74) is 2.21. The highest BCUT2D eigenvalue weighted by Crippen LogP contribution is 2.35. The summed E-state index contributed by atoms with van der Waals surface area (Å²) < 4.78 is 3.83. The molecule has 1 aliphatic carbocycles. The maximum absolute atomic E-state index is 5.75. The third kappa shape index (κ3) is 4.10. The molecule has 0 unspecified atom stereocenters. The number of alkyl halides is 3. The van der Waals surface area contributed by atoms with Gasteiger partial charge in [0.1, 0.15) is 0 Å². The normalized spacial score (nSPS) is 19.9. The standard InChI is InChI=1S/C11H13Cl3O/c1-3-8-4-5-10(15-2)6-9(8)7-11(12,13)14/h4-5,7H,3,6H2,1-2H3. The molecule has 1 nitrogen and oxygen atoms in total. The number of ether oxygens (including phenoxy) is 1. The topological polar surface area (TPSA) is 9.23 Å². The number of hydrogen-bond donors (Lipinski definition) is 0. The van der Waals surface area contributed by atoms with Gasteiger partial charge in [0.2, 0.25) is 3.79 Å². The Kier molecular flexibility index (Phi) is 4.57. The van der Waals surface area contributed by atoms with Gasteiger partial charge in [-0.2, -0.15) is 0 Å². The Morgan fingerprint density at radius 3 is 2.53 bits per heavy atom. The minimum absolute atomic E-state index is 0.685. The van der Waals surface area contributed by atoms with Gasteiger partial charge in [0.15, 0.2) is 0 Å². The molecule has 4 heteroatoms. The van der Waals surface area contributed by atoms with E-state index in [4.69, 9.17) is 39.5 Å². The molecule has 15 heavy (non-hydrogen) atoms. The Morgan fingerprint density at radius 2 is 2.07 bits per heavy atom. The molecule has 0 bridgehead atoms. The van der Waals surface area contributed by atoms with Crippen molar-refractivity contribution in [2.45, 2.75) is 23.6 Å². The van der Waals surface area contributed by atoms with Gasteiger partial charge in [-0.3, -0.25) is 0 Å². The molecule has 0 aromatic rings. The van der Waals surface area contributed by atoms with Crippen LogP contribution in [0.2, 0.25) is 0 Å². The van der Waals surface area contributed by atoms with Crippen LogP contribution in [0.4, 0.5) is 0 Å². The Morgan fingerprint density at radius 1 is 1.40 bits per heavy atom. The largest absolute Gasteiger partial charge is 0.501 e. The van der Waals surface area contributed by atoms with Gasteiger partial charge in [0.05, 0.1) is 12.9 Å². The molecular formula is C11H13Cl3O. The van der Waals surface area contributed by atoms with Crippen LogP contribution in [0.25, 0.3) is 0 Å². The lowest BCUT2D eigenvalue weighted by Crippen LogP contribution is -2.04. The second-order valence-electron chi connectivity index (χ2n) is 3.27. The van der Waals surface area contributed by atoms with Gasteiger partial charge in [-0.1, -0.05) is 47.8 Å². The van der Waals surface area contributed by atoms with E-state index in [9.17, 15) is 0 Å². The summed E-state index contributed by atoms with van der Waals surface area (Å²) in [5, 5.41) is 0. The fourth-order valence-electron chi connectivity index (χ4n) is 1.49. The molecule has 1 aliphatic rings. The zero-order valence-electron chi connectivity index (χ0n) is 8.69. The average molecular weight is 268 g/mol. The van der Waals surface area contributed by atoms with Crippen molar-refractivity contribution in [1.29, 1.82) is 0 Å². The molecule has 0 fully saturated rings. The van der Waals surface area contributed by atoms with Crippen molar-refractivity contribution in [3.8, 4) is 0 Å². The molecule has 0 amide bonds. The van der Waals surface area contributed by atoms with Crippen molar-refractivity contribution < 1.29 is 4.74 Å². The Balaban J connectivity index is 2.96. The lowest BCUT2D eigenvalue weighted by Gasteiger charge is -2.18. The van der Waals surface area contributed by atoms with Crippen LogP contribution in [0.1, 0.15) is 19.8 Å². The van der Waals surface area contributed by atoms with Gasteiger partial charge in [-0.25, -0.2) is 0 Å². The summed E-state index contributed by atoms with van der Waals surface area (Å²) in [6.45, 7) is 2.07. The number of halogens is 3. The maximum Gasteiger partial charge on any atom is 0.209 e. The van der Waals surface area contributed by atoms with Gasteiger partial charge < -0.3 is 4.74 Å². The van der Waals surface area contributed by atoms with E-state index in [1.54, 1.807) is 13.2 Å². The Hall–Kier alpha value is -0.110. The Bertz CT molecular complexity index is 321. The summed E-state index contributed by atoms with van der Waals surface area (Å²) >= 11 is 17.2. The van der Waals surface area contributed by atoms with Crippen LogP contribution in [0.15, 0.2) is 35.1 Å². The number of methoxy groups -OCH3 is 1. The first-order valence-corrected chi connectivity index (χ1v) is 5.82. The van der Waals surface area contributed by atoms with Crippen LogP contribution in [0.3, 0.4) is 0 Å². The molecule has 0 spiro atoms. The van der Waals surface area contributed by atoms with E-state index in [0.29, 0.717) is 6.42 Å². The van der Waals surface area contributed by atoms with Crippen molar-refractivity contribution in [2.75, 3.05) is 7.11 Å². The van der Waals surface area contributed by atoms with E-state index in [0.717, 1.165) is 17.8 Å². The van der Waals surface area contributed by atoms with Crippen LogP contribution in [-0.4, -0.2) is 10.9 Å². The summed E-state index contributed by atoms with van der Waals surface area (Å²) in [4.78, 5) is 0. The zero-order valence-corrected chi connectivity index (χ0v) is 11.0. The van der Waals surface area contributed by atoms with Crippen molar-refractivity contribution >= 4 is 34.8 Å². The van der Waals surface area contributed by atoms with E-state index < -0.39 is 3.79 Å². The molecule has 0 aromatic carbocycles. The summed E-state index contributed by atoms with van der Waals surface area (Å²) in [5.74, 6) is 0.882. The van der Waals surface area contributed by atoms with Crippen LogP contribution in [0.5, 0.6) is 0 Å². The Labute approximate surface area is 105 Å². The first-order chi connectivity index (χ1) is 6.96. The van der Waals surface area contributed by atoms with Crippen LogP contribution < -0.4 is 0 Å². The van der Waals surface area contributed by atoms with Crippen LogP contribution in [-0.2, 0) is 4.74 Å². The van der Waals surface area contributed by atoms with E-state index in [-0.39, 0.29) is 0 Å². The summed E-state index contributed by atoms with van der Waals surface area (Å²) in [6.07, 6.45) is 7.21. The monoisotopic (exact) mass is 266 g/mol. The quantitative estimate of drug-likeness (QED) is 0.667. The maximum atomic E-state index is 5.75. The van der Waals surface area contributed by atoms with Gasteiger partial charge in [-0.15, -0.1) is 0 Å². The van der Waals surface area contributed by atoms with Crippen molar-refractivity contribution in [2.24, 2.45) is 0 Å². The van der Waals surface area contributed by atoms with Gasteiger partial charge >= 0.3 is 0 Å². The lowest BCUT2D eigenvalue weighted by atomic mass is 9.95. The van der Waals surface area contributed by atoms with Gasteiger partial charge in [0, 0.05) is 6.42 Å². The molecule has 0 radical (unpaired) electrons. The number of hydrogen-bond acceptors (Lipinski definition) is 1. The minimum atomic E-state index is -1.35. The van der Waals surface area contributed by atoms with Gasteiger partial charge in [0.25, 0.3) is 0 Å². The lowest BCUT2D eigenvalue weighted by molar-refractivity contribution is 0.282. The smallest absolute Gasteiger partial charge is 0.209 e. The molecule has 0 aromatic heterocycles. The molecule has 0 saturated heterocycles. The van der Waals surface area contributed by atoms with E-state index in [1.807, 2.05) is 12.2 Å². The minimum Gasteiger partial charge on any atom is -0.501 e. The van der Waals surface area contributed by atoms with E-state index in [2.05, 4.69) is 6.92 Å². The molecule has 0 heterocycles. The average Bonchev–Trinajstić information content (AvgIpc) is 2.15. The predicted octanol–water partition coefficient (Wildman–Crippen LogP) is 4.55. The highest BCUT2D eigenvalue weighted by atomic mass is 35.6. The molecule has 84 valence electrons. The highest BCUT2D eigenvalue weighted by molar-refractivity contribution is 6.69. The highest BCUT2D eigenvalue weighted by Gasteiger charge is 2.20. The zero-order chi connectivity index (χ0) is 11.5. The van der Waals surface area contributed by atoms with Crippen LogP contribution in [0, 0.1) is 0 Å². The van der Waals surface area contributed by atoms with E-state index in [1.165, 1.54) is 5.57 Å². The molecule has 0 N–H and O–H groups in total.